The van der Waals surface area contributed by atoms with Gasteiger partial charge in [-0.05, 0) is 116 Å². The summed E-state index contributed by atoms with van der Waals surface area (Å²) in [4.78, 5) is 2.51. The molecule has 2 heterocycles. The summed E-state index contributed by atoms with van der Waals surface area (Å²) in [6, 6.07) is 90.5. The smallest absolute Gasteiger partial charge is 0.0726 e. The van der Waals surface area contributed by atoms with Gasteiger partial charge in [-0.25, -0.2) is 0 Å². The molecular formula is C65H40N2S. The summed E-state index contributed by atoms with van der Waals surface area (Å²) in [5.41, 5.74) is 19.5. The molecule has 68 heavy (non-hydrogen) atoms. The van der Waals surface area contributed by atoms with Crippen LogP contribution in [0, 0.1) is 0 Å². The molecule has 0 fully saturated rings. The van der Waals surface area contributed by atoms with Gasteiger partial charge in [-0.1, -0.05) is 188 Å². The highest BCUT2D eigenvalue weighted by Crippen LogP contribution is 2.63. The average molecular weight is 881 g/mol. The maximum absolute atomic E-state index is 2.51. The van der Waals surface area contributed by atoms with Crippen molar-refractivity contribution in [3.05, 3.63) is 265 Å². The van der Waals surface area contributed by atoms with Crippen molar-refractivity contribution in [1.82, 2.24) is 4.57 Å². The van der Waals surface area contributed by atoms with E-state index in [0.717, 1.165) is 17.1 Å². The lowest BCUT2D eigenvalue weighted by Gasteiger charge is -2.32. The van der Waals surface area contributed by atoms with Gasteiger partial charge in [-0.15, -0.1) is 11.3 Å². The molecule has 316 valence electrons. The molecule has 2 aromatic heterocycles. The Morgan fingerprint density at radius 2 is 0.956 bits per heavy atom. The molecule has 15 rings (SSSR count). The number of nitrogens with zero attached hydrogens (tertiary/aromatic N) is 2. The molecule has 0 atom stereocenters. The predicted molar refractivity (Wildman–Crippen MR) is 288 cm³/mol. The highest BCUT2D eigenvalue weighted by molar-refractivity contribution is 7.26. The maximum atomic E-state index is 2.51. The molecule has 0 unspecified atom stereocenters. The maximum Gasteiger partial charge on any atom is 0.0726 e. The van der Waals surface area contributed by atoms with E-state index < -0.39 is 5.41 Å². The van der Waals surface area contributed by atoms with Crippen LogP contribution in [0.2, 0.25) is 0 Å². The molecular weight excluding hydrogens is 841 g/mol. The first-order chi connectivity index (χ1) is 33.7. The summed E-state index contributed by atoms with van der Waals surface area (Å²) in [5, 5.41) is 7.59. The van der Waals surface area contributed by atoms with Crippen LogP contribution < -0.4 is 4.90 Å². The van der Waals surface area contributed by atoms with Crippen LogP contribution in [0.15, 0.2) is 243 Å². The lowest BCUT2D eigenvalue weighted by Crippen LogP contribution is -2.26. The Hall–Kier alpha value is -8.50. The van der Waals surface area contributed by atoms with E-state index in [1.807, 2.05) is 11.3 Å². The third kappa shape index (κ3) is 5.11. The van der Waals surface area contributed by atoms with Crippen LogP contribution in [0.25, 0.3) is 91.8 Å². The number of anilines is 3. The van der Waals surface area contributed by atoms with Gasteiger partial charge in [0.05, 0.1) is 26.8 Å². The fraction of sp³-hybridized carbons (Fsp3) is 0.0154. The first-order valence-electron chi connectivity index (χ1n) is 23.5. The van der Waals surface area contributed by atoms with Crippen molar-refractivity contribution in [1.29, 1.82) is 0 Å². The van der Waals surface area contributed by atoms with Gasteiger partial charge in [0, 0.05) is 48.7 Å². The van der Waals surface area contributed by atoms with Crippen molar-refractivity contribution in [2.45, 2.75) is 5.41 Å². The molecule has 2 aliphatic carbocycles. The lowest BCUT2D eigenvalue weighted by atomic mass is 9.70. The molecule has 0 saturated heterocycles. The number of benzene rings is 11. The molecule has 2 aliphatic rings. The van der Waals surface area contributed by atoms with Crippen molar-refractivity contribution >= 4 is 81.1 Å². The third-order valence-corrected chi connectivity index (χ3v) is 16.2. The molecule has 0 N–H and O–H groups in total. The van der Waals surface area contributed by atoms with Crippen molar-refractivity contribution in [3.8, 4) is 39.1 Å². The largest absolute Gasteiger partial charge is 0.309 e. The van der Waals surface area contributed by atoms with Gasteiger partial charge >= 0.3 is 0 Å². The zero-order chi connectivity index (χ0) is 44.5. The number of aromatic nitrogens is 1. The molecule has 3 heteroatoms. The average Bonchev–Trinajstić information content (AvgIpc) is 4.13. The number of thiophene rings is 1. The van der Waals surface area contributed by atoms with Gasteiger partial charge in [-0.3, -0.25) is 0 Å². The summed E-state index contributed by atoms with van der Waals surface area (Å²) in [7, 11) is 0. The second-order valence-electron chi connectivity index (χ2n) is 18.3. The molecule has 11 aromatic carbocycles. The Bertz CT molecular complexity index is 4150. The number of hydrogen-bond donors (Lipinski definition) is 0. The zero-order valence-electron chi connectivity index (χ0n) is 36.9. The molecule has 0 amide bonds. The zero-order valence-corrected chi connectivity index (χ0v) is 37.7. The van der Waals surface area contributed by atoms with Gasteiger partial charge < -0.3 is 9.47 Å². The molecule has 1 spiro atoms. The quantitative estimate of drug-likeness (QED) is 0.167. The van der Waals surface area contributed by atoms with Crippen molar-refractivity contribution in [2.75, 3.05) is 4.90 Å². The van der Waals surface area contributed by atoms with Crippen molar-refractivity contribution in [3.63, 3.8) is 0 Å². The minimum absolute atomic E-state index is 0.443. The van der Waals surface area contributed by atoms with Gasteiger partial charge in [0.15, 0.2) is 0 Å². The highest BCUT2D eigenvalue weighted by Gasteiger charge is 2.51. The fourth-order valence-electron chi connectivity index (χ4n) is 12.2. The van der Waals surface area contributed by atoms with E-state index in [9.17, 15) is 0 Å². The second-order valence-corrected chi connectivity index (χ2v) is 19.4. The Balaban J connectivity index is 0.935. The molecule has 0 radical (unpaired) electrons. The third-order valence-electron chi connectivity index (χ3n) is 15.0. The Kier molecular flexibility index (Phi) is 7.90. The summed E-state index contributed by atoms with van der Waals surface area (Å²) in [5.74, 6) is 0. The second kappa shape index (κ2) is 14.3. The Morgan fingerprint density at radius 3 is 1.71 bits per heavy atom. The number of rotatable bonds is 5. The molecule has 0 aliphatic heterocycles. The SMILES string of the molecule is c1ccc(-n2c3cc(-c4ccc(N(c5ccc6c(c5)C5(c7ccccc7-c7ccccc75)c5ccccc5-6)c5cccc6c5sc5ccccc56)cc4)ccc3c3ccc4ccccc4c32)cc1. The van der Waals surface area contributed by atoms with Crippen LogP contribution in [-0.2, 0) is 5.41 Å². The van der Waals surface area contributed by atoms with Gasteiger partial charge in [0.2, 0.25) is 0 Å². The normalized spacial score (nSPS) is 13.1. The number of fused-ring (bicyclic) bond motifs is 18. The van der Waals surface area contributed by atoms with E-state index in [-0.39, 0.29) is 0 Å². The standard InChI is InChI=1S/C65H40N2S/c1-2-16-44(17-3-1)67-61-39-43(32-36-52(61)54-37-31-42-15-4-5-18-47(42)63(54)67)41-29-33-45(34-30-41)66(60-27-14-23-55-53-22-9-13-28-62(53)68-64(55)60)46-35-38-51-50-21-8-12-26-58(50)65(59(51)40-46)56-24-10-6-19-48(56)49-20-7-11-25-57(49)65/h1-40H. The number of para-hydroxylation sites is 1. The predicted octanol–water partition coefficient (Wildman–Crippen LogP) is 17.8. The van der Waals surface area contributed by atoms with Crippen LogP contribution in [0.3, 0.4) is 0 Å². The van der Waals surface area contributed by atoms with E-state index >= 15 is 0 Å². The van der Waals surface area contributed by atoms with Gasteiger partial charge in [-0.2, -0.15) is 0 Å². The van der Waals surface area contributed by atoms with E-state index in [4.69, 9.17) is 0 Å². The van der Waals surface area contributed by atoms with Crippen molar-refractivity contribution < 1.29 is 0 Å². The van der Waals surface area contributed by atoms with E-state index in [1.54, 1.807) is 0 Å². The van der Waals surface area contributed by atoms with Crippen LogP contribution in [0.4, 0.5) is 17.1 Å². The fourth-order valence-corrected chi connectivity index (χ4v) is 13.4. The lowest BCUT2D eigenvalue weighted by molar-refractivity contribution is 0.793. The van der Waals surface area contributed by atoms with Crippen LogP contribution in [-0.4, -0.2) is 4.57 Å². The minimum atomic E-state index is -0.443. The van der Waals surface area contributed by atoms with E-state index in [1.165, 1.54) is 114 Å². The molecule has 2 nitrogen and oxygen atoms in total. The molecule has 13 aromatic rings. The first kappa shape index (κ1) is 37.7. The first-order valence-corrected chi connectivity index (χ1v) is 24.3. The summed E-state index contributed by atoms with van der Waals surface area (Å²) in [6.45, 7) is 0. The van der Waals surface area contributed by atoms with E-state index in [0.29, 0.717) is 0 Å². The van der Waals surface area contributed by atoms with Gasteiger partial charge in [0.1, 0.15) is 0 Å². The molecule has 0 saturated carbocycles. The van der Waals surface area contributed by atoms with Crippen LogP contribution in [0.5, 0.6) is 0 Å². The number of hydrogen-bond acceptors (Lipinski definition) is 2. The van der Waals surface area contributed by atoms with E-state index in [2.05, 4.69) is 252 Å². The van der Waals surface area contributed by atoms with Crippen molar-refractivity contribution in [2.24, 2.45) is 0 Å². The monoisotopic (exact) mass is 880 g/mol. The highest BCUT2D eigenvalue weighted by atomic mass is 32.1. The Morgan fingerprint density at radius 1 is 0.368 bits per heavy atom. The molecule has 0 bridgehead atoms. The summed E-state index contributed by atoms with van der Waals surface area (Å²) in [6.07, 6.45) is 0. The summed E-state index contributed by atoms with van der Waals surface area (Å²) >= 11 is 1.88. The topological polar surface area (TPSA) is 8.17 Å². The van der Waals surface area contributed by atoms with Gasteiger partial charge in [0.25, 0.3) is 0 Å². The van der Waals surface area contributed by atoms with Crippen LogP contribution >= 0.6 is 11.3 Å². The minimum Gasteiger partial charge on any atom is -0.309 e. The van der Waals surface area contributed by atoms with Crippen LogP contribution in [0.1, 0.15) is 22.3 Å². The Labute approximate surface area is 397 Å². The summed E-state index contributed by atoms with van der Waals surface area (Å²) < 4.78 is 5.03.